The number of ether oxygens (including phenoxy) is 1. The van der Waals surface area contributed by atoms with Crippen molar-refractivity contribution in [2.75, 3.05) is 7.11 Å². The molecule has 0 radical (unpaired) electrons. The molecule has 21 heavy (non-hydrogen) atoms. The van der Waals surface area contributed by atoms with Crippen molar-refractivity contribution in [1.82, 2.24) is 0 Å². The summed E-state index contributed by atoms with van der Waals surface area (Å²) in [6.45, 7) is 0. The summed E-state index contributed by atoms with van der Waals surface area (Å²) < 4.78 is 5.46. The summed E-state index contributed by atoms with van der Waals surface area (Å²) in [5, 5.41) is 0. The zero-order valence-electron chi connectivity index (χ0n) is 12.6. The first kappa shape index (κ1) is 14.2. The van der Waals surface area contributed by atoms with Crippen LogP contribution in [0.5, 0.6) is 5.75 Å². The highest BCUT2D eigenvalue weighted by molar-refractivity contribution is 5.37. The zero-order chi connectivity index (χ0) is 14.7. The third kappa shape index (κ3) is 2.56. The highest BCUT2D eigenvalue weighted by atomic mass is 16.5. The van der Waals surface area contributed by atoms with Crippen LogP contribution in [0.2, 0.25) is 0 Å². The fourth-order valence-corrected chi connectivity index (χ4v) is 3.51. The van der Waals surface area contributed by atoms with Crippen LogP contribution in [0.25, 0.3) is 0 Å². The van der Waals surface area contributed by atoms with E-state index in [0.29, 0.717) is 0 Å². The van der Waals surface area contributed by atoms with Gasteiger partial charge >= 0.3 is 0 Å². The first-order chi connectivity index (χ1) is 10.3. The molecule has 2 aromatic carbocycles. The summed E-state index contributed by atoms with van der Waals surface area (Å²) >= 11 is 0. The van der Waals surface area contributed by atoms with Crippen LogP contribution in [-0.4, -0.2) is 13.2 Å². The Hall–Kier alpha value is -1.80. The van der Waals surface area contributed by atoms with Gasteiger partial charge in [-0.05, 0) is 36.5 Å². The molecule has 1 fully saturated rings. The van der Waals surface area contributed by atoms with Crippen LogP contribution >= 0.6 is 0 Å². The number of para-hydroxylation sites is 1. The van der Waals surface area contributed by atoms with Gasteiger partial charge in [0.2, 0.25) is 0 Å². The number of rotatable bonds is 5. The molecule has 0 aliphatic heterocycles. The molecule has 0 saturated heterocycles. The van der Waals surface area contributed by atoms with Crippen molar-refractivity contribution in [3.63, 3.8) is 0 Å². The molecule has 2 N–H and O–H groups in total. The van der Waals surface area contributed by atoms with Crippen molar-refractivity contribution in [2.24, 2.45) is 5.73 Å². The molecule has 3 rings (SSSR count). The average Bonchev–Trinajstić information content (AvgIpc) is 2.48. The minimum Gasteiger partial charge on any atom is -0.496 e. The molecule has 0 bridgehead atoms. The van der Waals surface area contributed by atoms with Gasteiger partial charge in [-0.1, -0.05) is 55.0 Å². The van der Waals surface area contributed by atoms with Gasteiger partial charge in [0.05, 0.1) is 7.11 Å². The van der Waals surface area contributed by atoms with E-state index >= 15 is 0 Å². The Kier molecular flexibility index (Phi) is 3.98. The molecule has 110 valence electrons. The predicted octanol–water partition coefficient (Wildman–Crippen LogP) is 3.69. The lowest BCUT2D eigenvalue weighted by atomic mass is 9.59. The molecular weight excluding hydrogens is 258 g/mol. The molecule has 0 spiro atoms. The molecule has 0 heterocycles. The second kappa shape index (κ2) is 5.90. The minimum atomic E-state index is 0.130. The van der Waals surface area contributed by atoms with E-state index < -0.39 is 0 Å². The minimum absolute atomic E-state index is 0.130. The van der Waals surface area contributed by atoms with E-state index in [4.69, 9.17) is 10.5 Å². The first-order valence-corrected chi connectivity index (χ1v) is 7.69. The average molecular weight is 281 g/mol. The normalized spacial score (nSPS) is 17.8. The monoisotopic (exact) mass is 281 g/mol. The molecule has 1 aliphatic rings. The summed E-state index contributed by atoms with van der Waals surface area (Å²) in [4.78, 5) is 0. The molecule has 1 unspecified atom stereocenters. The van der Waals surface area contributed by atoms with Crippen molar-refractivity contribution >= 4 is 0 Å². The molecular formula is C19H23NO. The Labute approximate surface area is 126 Å². The Morgan fingerprint density at radius 2 is 1.71 bits per heavy atom. The maximum absolute atomic E-state index is 6.65. The smallest absolute Gasteiger partial charge is 0.122 e. The van der Waals surface area contributed by atoms with Gasteiger partial charge in [-0.15, -0.1) is 0 Å². The summed E-state index contributed by atoms with van der Waals surface area (Å²) in [5.41, 5.74) is 9.38. The maximum atomic E-state index is 6.65. The Morgan fingerprint density at radius 1 is 1.05 bits per heavy atom. The van der Waals surface area contributed by atoms with Crippen LogP contribution in [0, 0.1) is 0 Å². The second-order valence-corrected chi connectivity index (χ2v) is 6.00. The van der Waals surface area contributed by atoms with Gasteiger partial charge in [0, 0.05) is 11.5 Å². The van der Waals surface area contributed by atoms with Crippen LogP contribution in [-0.2, 0) is 11.8 Å². The number of methoxy groups -OCH3 is 1. The van der Waals surface area contributed by atoms with Crippen molar-refractivity contribution in [3.8, 4) is 5.75 Å². The van der Waals surface area contributed by atoms with Crippen LogP contribution < -0.4 is 10.5 Å². The zero-order valence-corrected chi connectivity index (χ0v) is 12.6. The van der Waals surface area contributed by atoms with Gasteiger partial charge in [0.15, 0.2) is 0 Å². The van der Waals surface area contributed by atoms with Crippen molar-refractivity contribution in [3.05, 3.63) is 65.7 Å². The lowest BCUT2D eigenvalue weighted by Gasteiger charge is -2.47. The molecule has 2 aromatic rings. The van der Waals surface area contributed by atoms with E-state index in [2.05, 4.69) is 42.5 Å². The van der Waals surface area contributed by atoms with Crippen LogP contribution in [0.15, 0.2) is 54.6 Å². The van der Waals surface area contributed by atoms with Crippen molar-refractivity contribution in [1.29, 1.82) is 0 Å². The van der Waals surface area contributed by atoms with Crippen LogP contribution in [0.4, 0.5) is 0 Å². The summed E-state index contributed by atoms with van der Waals surface area (Å²) in [6, 6.07) is 19.1. The lowest BCUT2D eigenvalue weighted by molar-refractivity contribution is 0.193. The van der Waals surface area contributed by atoms with Gasteiger partial charge < -0.3 is 10.5 Å². The van der Waals surface area contributed by atoms with Crippen molar-refractivity contribution < 1.29 is 4.74 Å². The molecule has 0 aromatic heterocycles. The number of hydrogen-bond acceptors (Lipinski definition) is 2. The van der Waals surface area contributed by atoms with E-state index in [1.807, 2.05) is 12.1 Å². The fraction of sp³-hybridized carbons (Fsp3) is 0.368. The quantitative estimate of drug-likeness (QED) is 0.907. The third-order valence-corrected chi connectivity index (χ3v) is 4.94. The standard InChI is InChI=1S/C19H23NO/c1-21-17-11-6-5-8-15(17)14-18(20)19(12-7-13-19)16-9-3-2-4-10-16/h2-6,8-11,18H,7,12-14,20H2,1H3. The van der Waals surface area contributed by atoms with E-state index in [9.17, 15) is 0 Å². The van der Waals surface area contributed by atoms with E-state index in [-0.39, 0.29) is 11.5 Å². The SMILES string of the molecule is COc1ccccc1CC(N)C1(c2ccccc2)CCC1. The molecule has 2 heteroatoms. The van der Waals surface area contributed by atoms with Gasteiger partial charge in [-0.25, -0.2) is 0 Å². The largest absolute Gasteiger partial charge is 0.496 e. The van der Waals surface area contributed by atoms with Crippen molar-refractivity contribution in [2.45, 2.75) is 37.1 Å². The molecule has 1 saturated carbocycles. The molecule has 0 amide bonds. The number of nitrogens with two attached hydrogens (primary N) is 1. The van der Waals surface area contributed by atoms with Gasteiger partial charge in [0.1, 0.15) is 5.75 Å². The molecule has 1 atom stereocenters. The van der Waals surface area contributed by atoms with Crippen LogP contribution in [0.3, 0.4) is 0 Å². The summed E-state index contributed by atoms with van der Waals surface area (Å²) in [6.07, 6.45) is 4.51. The molecule has 1 aliphatic carbocycles. The second-order valence-electron chi connectivity index (χ2n) is 6.00. The molecule has 2 nitrogen and oxygen atoms in total. The van der Waals surface area contributed by atoms with E-state index in [1.54, 1.807) is 7.11 Å². The Bertz CT molecular complexity index is 590. The number of benzene rings is 2. The highest BCUT2D eigenvalue weighted by Crippen LogP contribution is 2.46. The Balaban J connectivity index is 1.85. The lowest BCUT2D eigenvalue weighted by Crippen LogP contribution is -2.51. The highest BCUT2D eigenvalue weighted by Gasteiger charge is 2.43. The van der Waals surface area contributed by atoms with E-state index in [0.717, 1.165) is 12.2 Å². The predicted molar refractivity (Wildman–Crippen MR) is 86.6 cm³/mol. The maximum Gasteiger partial charge on any atom is 0.122 e. The van der Waals surface area contributed by atoms with Gasteiger partial charge in [-0.2, -0.15) is 0 Å². The fourth-order valence-electron chi connectivity index (χ4n) is 3.51. The van der Waals surface area contributed by atoms with Gasteiger partial charge in [0.25, 0.3) is 0 Å². The van der Waals surface area contributed by atoms with Crippen LogP contribution in [0.1, 0.15) is 30.4 Å². The summed E-state index contributed by atoms with van der Waals surface area (Å²) in [5.74, 6) is 0.940. The summed E-state index contributed by atoms with van der Waals surface area (Å²) in [7, 11) is 1.72. The topological polar surface area (TPSA) is 35.2 Å². The third-order valence-electron chi connectivity index (χ3n) is 4.94. The number of hydrogen-bond donors (Lipinski definition) is 1. The first-order valence-electron chi connectivity index (χ1n) is 7.69. The Morgan fingerprint density at radius 3 is 2.33 bits per heavy atom. The van der Waals surface area contributed by atoms with Gasteiger partial charge in [-0.3, -0.25) is 0 Å². The van der Waals surface area contributed by atoms with E-state index in [1.165, 1.54) is 30.4 Å².